The van der Waals surface area contributed by atoms with Crippen LogP contribution in [-0.2, 0) is 32.5 Å². The molecular weight excluding hydrogens is 440 g/mol. The van der Waals surface area contributed by atoms with E-state index in [9.17, 15) is 13.2 Å². The molecule has 180 valence electrons. The lowest BCUT2D eigenvalue weighted by Gasteiger charge is -2.26. The number of carbonyl (C=O) groups excluding carboxylic acids is 1. The summed E-state index contributed by atoms with van der Waals surface area (Å²) in [6.07, 6.45) is 8.96. The maximum Gasteiger partial charge on any atom is 0.243 e. The van der Waals surface area contributed by atoms with Crippen molar-refractivity contribution in [2.24, 2.45) is 0 Å². The molecule has 8 nitrogen and oxygen atoms in total. The van der Waals surface area contributed by atoms with Crippen LogP contribution in [0.4, 0.5) is 0 Å². The number of nitrogens with zero attached hydrogens (tertiary/aromatic N) is 3. The third kappa shape index (κ3) is 5.65. The minimum absolute atomic E-state index is 0.0247. The standard InChI is InChI=1S/C24H34N4O4S/c1-2-28-22-9-8-20(33(30,31)27-14-16-32-17-15-27)18-21(22)26-23(28)10-11-24(29)25-13-12-19-6-4-3-5-7-19/h6,8-9,18H,2-5,7,10-17H2,1H3,(H,25,29). The van der Waals surface area contributed by atoms with Crippen LogP contribution in [0.1, 0.15) is 51.3 Å². The summed E-state index contributed by atoms with van der Waals surface area (Å²) in [6, 6.07) is 5.12. The van der Waals surface area contributed by atoms with E-state index in [0.29, 0.717) is 57.8 Å². The van der Waals surface area contributed by atoms with Crippen molar-refractivity contribution in [3.8, 4) is 0 Å². The number of allylic oxidation sites excluding steroid dienone is 1. The molecule has 9 heteroatoms. The fourth-order valence-electron chi connectivity index (χ4n) is 4.61. The van der Waals surface area contributed by atoms with Crippen molar-refractivity contribution in [1.29, 1.82) is 0 Å². The number of sulfonamides is 1. The summed E-state index contributed by atoms with van der Waals surface area (Å²) in [5, 5.41) is 3.02. The van der Waals surface area contributed by atoms with Gasteiger partial charge in [-0.2, -0.15) is 4.31 Å². The second-order valence-corrected chi connectivity index (χ2v) is 10.6. The van der Waals surface area contributed by atoms with Gasteiger partial charge >= 0.3 is 0 Å². The number of rotatable bonds is 9. The van der Waals surface area contributed by atoms with Crippen molar-refractivity contribution in [1.82, 2.24) is 19.2 Å². The SMILES string of the molecule is CCn1c(CCC(=O)NCCC2=CCCCC2)nc2cc(S(=O)(=O)N3CCOCC3)ccc21. The Hall–Kier alpha value is -2.23. The minimum Gasteiger partial charge on any atom is -0.379 e. The molecule has 1 aliphatic carbocycles. The highest BCUT2D eigenvalue weighted by molar-refractivity contribution is 7.89. The topological polar surface area (TPSA) is 93.5 Å². The molecule has 0 saturated carbocycles. The number of carbonyl (C=O) groups is 1. The number of nitrogens with one attached hydrogen (secondary N) is 1. The third-order valence-electron chi connectivity index (χ3n) is 6.45. The molecule has 0 unspecified atom stereocenters. The molecule has 33 heavy (non-hydrogen) atoms. The maximum atomic E-state index is 13.0. The Morgan fingerprint density at radius 3 is 2.73 bits per heavy atom. The second kappa shape index (κ2) is 10.8. The Labute approximate surface area is 196 Å². The molecule has 2 aliphatic rings. The van der Waals surface area contributed by atoms with Crippen LogP contribution in [-0.4, -0.2) is 61.0 Å². The molecule has 1 N–H and O–H groups in total. The van der Waals surface area contributed by atoms with Crippen molar-refractivity contribution in [3.05, 3.63) is 35.7 Å². The van der Waals surface area contributed by atoms with Crippen molar-refractivity contribution < 1.29 is 17.9 Å². The molecule has 1 fully saturated rings. The predicted octanol–water partition coefficient (Wildman–Crippen LogP) is 3.02. The summed E-state index contributed by atoms with van der Waals surface area (Å²) in [6.45, 7) is 4.96. The number of amides is 1. The number of aromatic nitrogens is 2. The molecule has 2 aromatic rings. The lowest BCUT2D eigenvalue weighted by molar-refractivity contribution is -0.121. The summed E-state index contributed by atoms with van der Waals surface area (Å²) < 4.78 is 34.8. The van der Waals surface area contributed by atoms with E-state index < -0.39 is 10.0 Å². The van der Waals surface area contributed by atoms with Crippen molar-refractivity contribution in [2.75, 3.05) is 32.8 Å². The van der Waals surface area contributed by atoms with Gasteiger partial charge in [-0.05, 0) is 57.2 Å². The number of fused-ring (bicyclic) bond motifs is 1. The van der Waals surface area contributed by atoms with Crippen molar-refractivity contribution in [3.63, 3.8) is 0 Å². The van der Waals surface area contributed by atoms with E-state index in [1.165, 1.54) is 22.7 Å². The molecule has 2 heterocycles. The molecule has 0 atom stereocenters. The number of morpholine rings is 1. The predicted molar refractivity (Wildman–Crippen MR) is 127 cm³/mol. The minimum atomic E-state index is -3.57. The highest BCUT2D eigenvalue weighted by Gasteiger charge is 2.27. The lowest BCUT2D eigenvalue weighted by atomic mass is 9.97. The Balaban J connectivity index is 1.41. The van der Waals surface area contributed by atoms with Gasteiger partial charge in [0, 0.05) is 39.0 Å². The maximum absolute atomic E-state index is 13.0. The zero-order valence-corrected chi connectivity index (χ0v) is 20.2. The van der Waals surface area contributed by atoms with Gasteiger partial charge in [-0.1, -0.05) is 11.6 Å². The summed E-state index contributed by atoms with van der Waals surface area (Å²) >= 11 is 0. The van der Waals surface area contributed by atoms with Gasteiger partial charge in [-0.15, -0.1) is 0 Å². The number of ether oxygens (including phenoxy) is 1. The van der Waals surface area contributed by atoms with Crippen LogP contribution >= 0.6 is 0 Å². The van der Waals surface area contributed by atoms with Gasteiger partial charge in [0.1, 0.15) is 5.82 Å². The van der Waals surface area contributed by atoms with Crippen LogP contribution in [0, 0.1) is 0 Å². The number of imidazole rings is 1. The monoisotopic (exact) mass is 474 g/mol. The quantitative estimate of drug-likeness (QED) is 0.564. The van der Waals surface area contributed by atoms with E-state index in [1.807, 2.05) is 13.0 Å². The Bertz CT molecular complexity index is 1120. The average Bonchev–Trinajstić information content (AvgIpc) is 3.20. The molecule has 4 rings (SSSR count). The summed E-state index contributed by atoms with van der Waals surface area (Å²) in [5.41, 5.74) is 2.99. The number of hydrogen-bond donors (Lipinski definition) is 1. The molecule has 0 radical (unpaired) electrons. The van der Waals surface area contributed by atoms with Gasteiger partial charge in [0.15, 0.2) is 0 Å². The molecule has 0 spiro atoms. The van der Waals surface area contributed by atoms with Gasteiger partial charge in [0.25, 0.3) is 0 Å². The molecule has 1 aliphatic heterocycles. The Kier molecular flexibility index (Phi) is 7.82. The molecular formula is C24H34N4O4S. The Morgan fingerprint density at radius 1 is 1.18 bits per heavy atom. The summed E-state index contributed by atoms with van der Waals surface area (Å²) in [7, 11) is -3.57. The zero-order chi connectivity index (χ0) is 23.3. The third-order valence-corrected chi connectivity index (χ3v) is 8.35. The molecule has 1 amide bonds. The van der Waals surface area contributed by atoms with Gasteiger partial charge in [0.05, 0.1) is 29.1 Å². The highest BCUT2D eigenvalue weighted by Crippen LogP contribution is 2.24. The van der Waals surface area contributed by atoms with Crippen LogP contribution < -0.4 is 5.32 Å². The van der Waals surface area contributed by atoms with Gasteiger partial charge < -0.3 is 14.6 Å². The number of aryl methyl sites for hydroxylation is 2. The molecule has 0 bridgehead atoms. The first-order valence-corrected chi connectivity index (χ1v) is 13.4. The van der Waals surface area contributed by atoms with Crippen LogP contribution in [0.25, 0.3) is 11.0 Å². The zero-order valence-electron chi connectivity index (χ0n) is 19.4. The highest BCUT2D eigenvalue weighted by atomic mass is 32.2. The molecule has 1 saturated heterocycles. The van der Waals surface area contributed by atoms with Crippen molar-refractivity contribution >= 4 is 27.0 Å². The smallest absolute Gasteiger partial charge is 0.243 e. The summed E-state index contributed by atoms with van der Waals surface area (Å²) in [4.78, 5) is 17.3. The Morgan fingerprint density at radius 2 is 2.00 bits per heavy atom. The van der Waals surface area contributed by atoms with E-state index in [1.54, 1.807) is 12.1 Å². The fourth-order valence-corrected chi connectivity index (χ4v) is 6.04. The van der Waals surface area contributed by atoms with E-state index in [0.717, 1.165) is 30.6 Å². The van der Waals surface area contributed by atoms with Gasteiger partial charge in [-0.3, -0.25) is 4.79 Å². The second-order valence-electron chi connectivity index (χ2n) is 8.65. The van der Waals surface area contributed by atoms with Gasteiger partial charge in [0.2, 0.25) is 15.9 Å². The van der Waals surface area contributed by atoms with E-state index in [2.05, 4.69) is 16.0 Å². The largest absolute Gasteiger partial charge is 0.379 e. The van der Waals surface area contributed by atoms with Gasteiger partial charge in [-0.25, -0.2) is 13.4 Å². The fraction of sp³-hybridized carbons (Fsp3) is 0.583. The normalized spacial score (nSPS) is 17.8. The number of hydrogen-bond acceptors (Lipinski definition) is 5. The molecule has 1 aromatic heterocycles. The van der Waals surface area contributed by atoms with Crippen LogP contribution in [0.15, 0.2) is 34.7 Å². The van der Waals surface area contributed by atoms with E-state index in [-0.39, 0.29) is 10.8 Å². The van der Waals surface area contributed by atoms with E-state index >= 15 is 0 Å². The first-order chi connectivity index (χ1) is 16.0. The van der Waals surface area contributed by atoms with E-state index in [4.69, 9.17) is 9.72 Å². The first-order valence-electron chi connectivity index (χ1n) is 12.0. The van der Waals surface area contributed by atoms with Crippen LogP contribution in [0.2, 0.25) is 0 Å². The molecule has 1 aromatic carbocycles. The first kappa shape index (κ1) is 23.9. The lowest BCUT2D eigenvalue weighted by Crippen LogP contribution is -2.40. The van der Waals surface area contributed by atoms with Crippen molar-refractivity contribution in [2.45, 2.75) is 63.3 Å². The number of benzene rings is 1. The summed E-state index contributed by atoms with van der Waals surface area (Å²) in [5.74, 6) is 0.829. The average molecular weight is 475 g/mol. The van der Waals surface area contributed by atoms with Crippen LogP contribution in [0.5, 0.6) is 0 Å². The van der Waals surface area contributed by atoms with Crippen LogP contribution in [0.3, 0.4) is 0 Å².